The van der Waals surface area contributed by atoms with Gasteiger partial charge in [-0.2, -0.15) is 0 Å². The summed E-state index contributed by atoms with van der Waals surface area (Å²) in [6.45, 7) is 6.83. The molecule has 0 aliphatic heterocycles. The van der Waals surface area contributed by atoms with Crippen LogP contribution in [0.25, 0.3) is 0 Å². The first-order chi connectivity index (χ1) is 10.2. The van der Waals surface area contributed by atoms with Crippen molar-refractivity contribution in [1.82, 2.24) is 4.90 Å². The van der Waals surface area contributed by atoms with Crippen LogP contribution in [0.5, 0.6) is 0 Å². The molecule has 0 fully saturated rings. The van der Waals surface area contributed by atoms with Crippen LogP contribution in [0.1, 0.15) is 29.2 Å². The lowest BCUT2D eigenvalue weighted by atomic mass is 10.2. The Balaban J connectivity index is 2.04. The molecule has 3 heteroatoms. The van der Waals surface area contributed by atoms with Crippen molar-refractivity contribution in [3.8, 4) is 11.8 Å². The topological polar surface area (TPSA) is 29.3 Å². The van der Waals surface area contributed by atoms with Gasteiger partial charge in [-0.15, -0.1) is 11.3 Å². The van der Waals surface area contributed by atoms with E-state index >= 15 is 0 Å². The van der Waals surface area contributed by atoms with E-state index in [1.165, 1.54) is 10.4 Å². The summed E-state index contributed by atoms with van der Waals surface area (Å²) < 4.78 is 0. The molecule has 2 rings (SSSR count). The van der Waals surface area contributed by atoms with Crippen LogP contribution < -0.4 is 5.73 Å². The van der Waals surface area contributed by atoms with Crippen molar-refractivity contribution >= 4 is 11.3 Å². The smallest absolute Gasteiger partial charge is 0.0772 e. The van der Waals surface area contributed by atoms with E-state index in [1.54, 1.807) is 11.3 Å². The third-order valence-electron chi connectivity index (χ3n) is 3.29. The lowest BCUT2D eigenvalue weighted by Gasteiger charge is -2.26. The van der Waals surface area contributed by atoms with Gasteiger partial charge in [-0.3, -0.25) is 4.90 Å². The van der Waals surface area contributed by atoms with Crippen LogP contribution in [-0.2, 0) is 13.1 Å². The Morgan fingerprint density at radius 1 is 1.10 bits per heavy atom. The summed E-state index contributed by atoms with van der Waals surface area (Å²) in [6.07, 6.45) is 0. The van der Waals surface area contributed by atoms with E-state index in [0.717, 1.165) is 18.0 Å². The molecule has 2 nitrogen and oxygen atoms in total. The van der Waals surface area contributed by atoms with Crippen LogP contribution in [-0.4, -0.2) is 17.5 Å². The number of nitrogens with zero attached hydrogens (tertiary/aromatic N) is 1. The first-order valence-electron chi connectivity index (χ1n) is 7.24. The molecule has 0 bridgehead atoms. The molecule has 0 spiro atoms. The van der Waals surface area contributed by atoms with Gasteiger partial charge in [0.2, 0.25) is 0 Å². The van der Waals surface area contributed by atoms with Crippen LogP contribution in [0, 0.1) is 11.8 Å². The number of hydrogen-bond donors (Lipinski definition) is 1. The van der Waals surface area contributed by atoms with Crippen molar-refractivity contribution < 1.29 is 0 Å². The summed E-state index contributed by atoms with van der Waals surface area (Å²) in [5.74, 6) is 6.01. The van der Waals surface area contributed by atoms with Gasteiger partial charge in [0, 0.05) is 24.0 Å². The number of nitrogens with two attached hydrogens (primary N) is 1. The molecule has 2 aromatic rings. The highest BCUT2D eigenvalue weighted by Crippen LogP contribution is 2.20. The summed E-state index contributed by atoms with van der Waals surface area (Å²) in [4.78, 5) is 4.92. The maximum absolute atomic E-state index is 5.41. The minimum atomic E-state index is 0.416. The predicted molar refractivity (Wildman–Crippen MR) is 91.1 cm³/mol. The van der Waals surface area contributed by atoms with Gasteiger partial charge >= 0.3 is 0 Å². The van der Waals surface area contributed by atoms with Gasteiger partial charge < -0.3 is 5.73 Å². The molecule has 0 aliphatic rings. The summed E-state index contributed by atoms with van der Waals surface area (Å²) >= 11 is 1.76. The van der Waals surface area contributed by atoms with Gasteiger partial charge in [0.15, 0.2) is 0 Å². The Kier molecular flexibility index (Phi) is 6.01. The van der Waals surface area contributed by atoms with Gasteiger partial charge in [-0.25, -0.2) is 0 Å². The van der Waals surface area contributed by atoms with Gasteiger partial charge in [-0.05, 0) is 31.5 Å². The summed E-state index contributed by atoms with van der Waals surface area (Å²) in [7, 11) is 0. The highest BCUT2D eigenvalue weighted by molar-refractivity contribution is 7.12. The average molecular weight is 298 g/mol. The minimum Gasteiger partial charge on any atom is -0.320 e. The molecule has 0 radical (unpaired) electrons. The molecule has 0 unspecified atom stereocenters. The molecule has 0 atom stereocenters. The highest BCUT2D eigenvalue weighted by Gasteiger charge is 2.12. The van der Waals surface area contributed by atoms with E-state index in [9.17, 15) is 0 Å². The highest BCUT2D eigenvalue weighted by atomic mass is 32.1. The fraction of sp³-hybridized carbons (Fsp3) is 0.333. The SMILES string of the molecule is CC(C)N(Cc1ccccc1)Cc1ccc(C#CCN)s1. The van der Waals surface area contributed by atoms with Crippen LogP contribution in [0.2, 0.25) is 0 Å². The Hall–Kier alpha value is -1.60. The van der Waals surface area contributed by atoms with Crippen molar-refractivity contribution in [3.63, 3.8) is 0 Å². The Morgan fingerprint density at radius 3 is 2.52 bits per heavy atom. The van der Waals surface area contributed by atoms with E-state index in [-0.39, 0.29) is 0 Å². The molecule has 0 saturated heterocycles. The number of rotatable bonds is 5. The second kappa shape index (κ2) is 7.99. The second-order valence-electron chi connectivity index (χ2n) is 5.26. The molecule has 0 saturated carbocycles. The van der Waals surface area contributed by atoms with Crippen molar-refractivity contribution in [2.24, 2.45) is 5.73 Å². The van der Waals surface area contributed by atoms with Gasteiger partial charge in [0.05, 0.1) is 11.4 Å². The van der Waals surface area contributed by atoms with Gasteiger partial charge in [0.25, 0.3) is 0 Å². The van der Waals surface area contributed by atoms with Crippen molar-refractivity contribution in [2.45, 2.75) is 33.0 Å². The van der Waals surface area contributed by atoms with Crippen LogP contribution in [0.4, 0.5) is 0 Å². The van der Waals surface area contributed by atoms with Crippen LogP contribution in [0.3, 0.4) is 0 Å². The van der Waals surface area contributed by atoms with E-state index in [4.69, 9.17) is 5.73 Å². The zero-order chi connectivity index (χ0) is 15.1. The van der Waals surface area contributed by atoms with Crippen molar-refractivity contribution in [2.75, 3.05) is 6.54 Å². The van der Waals surface area contributed by atoms with Crippen molar-refractivity contribution in [3.05, 3.63) is 57.8 Å². The van der Waals surface area contributed by atoms with Crippen molar-refractivity contribution in [1.29, 1.82) is 0 Å². The van der Waals surface area contributed by atoms with E-state index in [2.05, 4.69) is 73.1 Å². The molecule has 21 heavy (non-hydrogen) atoms. The minimum absolute atomic E-state index is 0.416. The predicted octanol–water partition coefficient (Wildman–Crippen LogP) is 3.47. The monoisotopic (exact) mass is 298 g/mol. The lowest BCUT2D eigenvalue weighted by Crippen LogP contribution is -2.29. The number of thiophene rings is 1. The summed E-state index contributed by atoms with van der Waals surface area (Å²) in [6, 6.07) is 15.4. The fourth-order valence-corrected chi connectivity index (χ4v) is 3.02. The van der Waals surface area contributed by atoms with E-state index in [1.807, 2.05) is 0 Å². The average Bonchev–Trinajstić information content (AvgIpc) is 2.93. The molecule has 0 aliphatic carbocycles. The number of hydrogen-bond acceptors (Lipinski definition) is 3. The molecule has 1 heterocycles. The zero-order valence-electron chi connectivity index (χ0n) is 12.7. The quantitative estimate of drug-likeness (QED) is 0.857. The molecule has 0 amide bonds. The second-order valence-corrected chi connectivity index (χ2v) is 6.42. The molecule has 1 aromatic carbocycles. The first kappa shape index (κ1) is 15.8. The number of benzene rings is 1. The van der Waals surface area contributed by atoms with Gasteiger partial charge in [-0.1, -0.05) is 42.2 Å². The first-order valence-corrected chi connectivity index (χ1v) is 8.06. The summed E-state index contributed by atoms with van der Waals surface area (Å²) in [5, 5.41) is 0. The van der Waals surface area contributed by atoms with Crippen LogP contribution in [0.15, 0.2) is 42.5 Å². The molecule has 1 aromatic heterocycles. The Bertz CT molecular complexity index is 605. The molecule has 110 valence electrons. The maximum atomic E-state index is 5.41. The largest absolute Gasteiger partial charge is 0.320 e. The Morgan fingerprint density at radius 2 is 1.86 bits per heavy atom. The van der Waals surface area contributed by atoms with Gasteiger partial charge in [0.1, 0.15) is 0 Å². The van der Waals surface area contributed by atoms with E-state index in [0.29, 0.717) is 12.6 Å². The fourth-order valence-electron chi connectivity index (χ4n) is 2.11. The van der Waals surface area contributed by atoms with E-state index < -0.39 is 0 Å². The van der Waals surface area contributed by atoms with Crippen LogP contribution >= 0.6 is 11.3 Å². The third-order valence-corrected chi connectivity index (χ3v) is 4.28. The Labute approximate surface area is 131 Å². The lowest BCUT2D eigenvalue weighted by molar-refractivity contribution is 0.205. The maximum Gasteiger partial charge on any atom is 0.0772 e. The standard InChI is InChI=1S/C18H22N2S/c1-15(2)20(13-16-7-4-3-5-8-16)14-18-11-10-17(21-18)9-6-12-19/h3-5,7-8,10-11,15H,12-14,19H2,1-2H3. The third kappa shape index (κ3) is 5.02. The molecular weight excluding hydrogens is 276 g/mol. The normalized spacial score (nSPS) is 10.7. The summed E-state index contributed by atoms with van der Waals surface area (Å²) in [5.41, 5.74) is 6.77. The zero-order valence-corrected chi connectivity index (χ0v) is 13.5. The molecule has 2 N–H and O–H groups in total. The molecular formula is C18H22N2S.